The first-order valence-electron chi connectivity index (χ1n) is 4.47. The van der Waals surface area contributed by atoms with Gasteiger partial charge in [-0.1, -0.05) is 11.6 Å². The van der Waals surface area contributed by atoms with Crippen molar-refractivity contribution in [3.05, 3.63) is 28.8 Å². The summed E-state index contributed by atoms with van der Waals surface area (Å²) < 4.78 is 0. The van der Waals surface area contributed by atoms with E-state index in [1.807, 2.05) is 6.92 Å². The summed E-state index contributed by atoms with van der Waals surface area (Å²) in [5, 5.41) is 5.52. The summed E-state index contributed by atoms with van der Waals surface area (Å²) in [6.07, 6.45) is 0.644. The third-order valence-electron chi connectivity index (χ3n) is 1.72. The Balaban J connectivity index is 2.78. The molecule has 0 spiro atoms. The second kappa shape index (κ2) is 5.36. The first-order valence-corrected chi connectivity index (χ1v) is 4.84. The number of benzene rings is 1. The summed E-state index contributed by atoms with van der Waals surface area (Å²) in [5.74, 6) is 0. The molecule has 1 aromatic carbocycles. The van der Waals surface area contributed by atoms with Crippen LogP contribution in [0.2, 0.25) is 5.02 Å². The lowest BCUT2D eigenvalue weighted by molar-refractivity contribution is 0.112. The molecule has 0 fully saturated rings. The molecular weight excluding hydrogens is 216 g/mol. The van der Waals surface area contributed by atoms with E-state index < -0.39 is 0 Å². The van der Waals surface area contributed by atoms with Crippen LogP contribution in [-0.4, -0.2) is 18.9 Å². The summed E-state index contributed by atoms with van der Waals surface area (Å²) >= 11 is 5.73. The number of nitrogens with one attached hydrogen (secondary N) is 2. The van der Waals surface area contributed by atoms with Crippen LogP contribution >= 0.6 is 11.6 Å². The highest BCUT2D eigenvalue weighted by molar-refractivity contribution is 6.33. The number of aldehydes is 1. The van der Waals surface area contributed by atoms with Gasteiger partial charge in [-0.25, -0.2) is 4.79 Å². The van der Waals surface area contributed by atoms with E-state index in [-0.39, 0.29) is 6.03 Å². The van der Waals surface area contributed by atoms with Crippen LogP contribution in [0.1, 0.15) is 17.3 Å². The Morgan fingerprint density at radius 1 is 1.53 bits per heavy atom. The van der Waals surface area contributed by atoms with Gasteiger partial charge in [-0.3, -0.25) is 4.79 Å². The van der Waals surface area contributed by atoms with Gasteiger partial charge in [0.15, 0.2) is 6.29 Å². The lowest BCUT2D eigenvalue weighted by Gasteiger charge is -2.06. The van der Waals surface area contributed by atoms with Crippen molar-refractivity contribution in [1.82, 2.24) is 5.32 Å². The minimum absolute atomic E-state index is 0.309. The molecule has 0 radical (unpaired) electrons. The number of urea groups is 1. The van der Waals surface area contributed by atoms with Gasteiger partial charge in [0.25, 0.3) is 0 Å². The van der Waals surface area contributed by atoms with E-state index >= 15 is 0 Å². The van der Waals surface area contributed by atoms with Crippen molar-refractivity contribution in [2.45, 2.75) is 6.92 Å². The molecule has 1 aromatic rings. The van der Waals surface area contributed by atoms with Gasteiger partial charge < -0.3 is 10.6 Å². The lowest BCUT2D eigenvalue weighted by atomic mass is 10.2. The van der Waals surface area contributed by atoms with Crippen LogP contribution in [-0.2, 0) is 0 Å². The fraction of sp³-hybridized carbons (Fsp3) is 0.200. The van der Waals surface area contributed by atoms with Crippen LogP contribution in [0.25, 0.3) is 0 Å². The second-order valence-corrected chi connectivity index (χ2v) is 3.25. The Hall–Kier alpha value is -1.55. The van der Waals surface area contributed by atoms with E-state index in [9.17, 15) is 9.59 Å². The molecule has 0 saturated heterocycles. The van der Waals surface area contributed by atoms with E-state index in [4.69, 9.17) is 11.6 Å². The Labute approximate surface area is 92.6 Å². The zero-order chi connectivity index (χ0) is 11.3. The standard InChI is InChI=1S/C10H11ClN2O2/c1-2-12-10(15)13-8-3-4-9(11)7(5-8)6-14/h3-6H,2H2,1H3,(H2,12,13,15). The van der Waals surface area contributed by atoms with Crippen molar-refractivity contribution < 1.29 is 9.59 Å². The molecule has 0 aliphatic carbocycles. The number of anilines is 1. The van der Waals surface area contributed by atoms with Gasteiger partial charge in [0.2, 0.25) is 0 Å². The monoisotopic (exact) mass is 226 g/mol. The van der Waals surface area contributed by atoms with Crippen molar-refractivity contribution in [2.24, 2.45) is 0 Å². The van der Waals surface area contributed by atoms with Crippen LogP contribution in [0.5, 0.6) is 0 Å². The van der Waals surface area contributed by atoms with Crippen molar-refractivity contribution in [3.8, 4) is 0 Å². The topological polar surface area (TPSA) is 58.2 Å². The zero-order valence-electron chi connectivity index (χ0n) is 8.21. The third kappa shape index (κ3) is 3.25. The predicted octanol–water partition coefficient (Wildman–Crippen LogP) is 2.29. The molecule has 4 nitrogen and oxygen atoms in total. The van der Waals surface area contributed by atoms with Crippen molar-refractivity contribution >= 4 is 29.6 Å². The van der Waals surface area contributed by atoms with Gasteiger partial charge in [-0.2, -0.15) is 0 Å². The van der Waals surface area contributed by atoms with E-state index in [0.29, 0.717) is 29.1 Å². The molecule has 0 aliphatic heterocycles. The molecular formula is C10H11ClN2O2. The first kappa shape index (κ1) is 11.5. The third-order valence-corrected chi connectivity index (χ3v) is 2.06. The Morgan fingerprint density at radius 2 is 2.27 bits per heavy atom. The Morgan fingerprint density at radius 3 is 2.87 bits per heavy atom. The zero-order valence-corrected chi connectivity index (χ0v) is 8.97. The maximum absolute atomic E-state index is 11.2. The number of carbonyl (C=O) groups is 2. The van der Waals surface area contributed by atoms with Crippen LogP contribution in [0, 0.1) is 0 Å². The van der Waals surface area contributed by atoms with Gasteiger partial charge in [-0.05, 0) is 25.1 Å². The van der Waals surface area contributed by atoms with Crippen molar-refractivity contribution in [3.63, 3.8) is 0 Å². The molecule has 0 bridgehead atoms. The number of rotatable bonds is 3. The molecule has 0 unspecified atom stereocenters. The van der Waals surface area contributed by atoms with Gasteiger partial charge in [0.05, 0.1) is 5.02 Å². The molecule has 2 amide bonds. The van der Waals surface area contributed by atoms with E-state index in [2.05, 4.69) is 10.6 Å². The Bertz CT molecular complexity index is 380. The average molecular weight is 227 g/mol. The van der Waals surface area contributed by atoms with Gasteiger partial charge in [0.1, 0.15) is 0 Å². The fourth-order valence-electron chi connectivity index (χ4n) is 1.05. The smallest absolute Gasteiger partial charge is 0.319 e. The molecule has 15 heavy (non-hydrogen) atoms. The molecule has 0 aliphatic rings. The summed E-state index contributed by atoms with van der Waals surface area (Å²) in [4.78, 5) is 21.7. The number of hydrogen-bond acceptors (Lipinski definition) is 2. The highest BCUT2D eigenvalue weighted by Gasteiger charge is 2.03. The summed E-state index contributed by atoms with van der Waals surface area (Å²) in [6.45, 7) is 2.36. The summed E-state index contributed by atoms with van der Waals surface area (Å²) in [6, 6.07) is 4.40. The minimum Gasteiger partial charge on any atom is -0.338 e. The number of carbonyl (C=O) groups excluding carboxylic acids is 2. The first-order chi connectivity index (χ1) is 7.17. The minimum atomic E-state index is -0.309. The largest absolute Gasteiger partial charge is 0.338 e. The van der Waals surface area contributed by atoms with Crippen molar-refractivity contribution in [2.75, 3.05) is 11.9 Å². The second-order valence-electron chi connectivity index (χ2n) is 2.84. The van der Waals surface area contributed by atoms with E-state index in [1.165, 1.54) is 6.07 Å². The SMILES string of the molecule is CCNC(=O)Nc1ccc(Cl)c(C=O)c1. The van der Waals surface area contributed by atoms with E-state index in [1.54, 1.807) is 12.1 Å². The molecule has 80 valence electrons. The maximum atomic E-state index is 11.2. The lowest BCUT2D eigenvalue weighted by Crippen LogP contribution is -2.28. The molecule has 0 saturated carbocycles. The maximum Gasteiger partial charge on any atom is 0.319 e. The molecule has 5 heteroatoms. The van der Waals surface area contributed by atoms with Gasteiger partial charge >= 0.3 is 6.03 Å². The highest BCUT2D eigenvalue weighted by Crippen LogP contribution is 2.18. The average Bonchev–Trinajstić information content (AvgIpc) is 2.21. The number of hydrogen-bond donors (Lipinski definition) is 2. The molecule has 1 rings (SSSR count). The highest BCUT2D eigenvalue weighted by atomic mass is 35.5. The predicted molar refractivity (Wildman–Crippen MR) is 59.5 cm³/mol. The number of amides is 2. The summed E-state index contributed by atoms with van der Waals surface area (Å²) in [7, 11) is 0. The molecule has 0 aromatic heterocycles. The van der Waals surface area contributed by atoms with Crippen LogP contribution in [0.3, 0.4) is 0 Å². The van der Waals surface area contributed by atoms with E-state index in [0.717, 1.165) is 0 Å². The summed E-state index contributed by atoms with van der Waals surface area (Å²) in [5.41, 5.74) is 0.887. The molecule has 0 heterocycles. The van der Waals surface area contributed by atoms with Gasteiger partial charge in [0, 0.05) is 17.8 Å². The van der Waals surface area contributed by atoms with Crippen LogP contribution in [0.15, 0.2) is 18.2 Å². The van der Waals surface area contributed by atoms with Gasteiger partial charge in [-0.15, -0.1) is 0 Å². The molecule has 2 N–H and O–H groups in total. The van der Waals surface area contributed by atoms with Crippen LogP contribution in [0.4, 0.5) is 10.5 Å². The Kier molecular flexibility index (Phi) is 4.12. The fourth-order valence-corrected chi connectivity index (χ4v) is 1.21. The number of halogens is 1. The molecule has 0 atom stereocenters. The normalized spacial score (nSPS) is 9.47. The van der Waals surface area contributed by atoms with Crippen molar-refractivity contribution in [1.29, 1.82) is 0 Å². The van der Waals surface area contributed by atoms with Crippen LogP contribution < -0.4 is 10.6 Å². The quantitative estimate of drug-likeness (QED) is 0.777.